The Bertz CT molecular complexity index is 946. The van der Waals surface area contributed by atoms with Crippen LogP contribution >= 0.6 is 11.6 Å². The van der Waals surface area contributed by atoms with E-state index in [1.165, 1.54) is 12.1 Å². The van der Waals surface area contributed by atoms with Crippen molar-refractivity contribution in [2.45, 2.75) is 0 Å². The topological polar surface area (TPSA) is 91.6 Å². The lowest BCUT2D eigenvalue weighted by Gasteiger charge is -2.07. The van der Waals surface area contributed by atoms with Crippen LogP contribution in [0, 0.1) is 10.1 Å². The summed E-state index contributed by atoms with van der Waals surface area (Å²) in [6, 6.07) is 15.2. The highest BCUT2D eigenvalue weighted by molar-refractivity contribution is 6.33. The van der Waals surface area contributed by atoms with Gasteiger partial charge in [-0.1, -0.05) is 17.7 Å². The average molecular weight is 371 g/mol. The number of nitro benzene ring substituents is 1. The van der Waals surface area contributed by atoms with Crippen molar-refractivity contribution < 1.29 is 19.2 Å². The minimum atomic E-state index is -0.719. The molecule has 0 atom stereocenters. The van der Waals surface area contributed by atoms with Crippen molar-refractivity contribution in [1.29, 1.82) is 0 Å². The van der Waals surface area contributed by atoms with Crippen molar-refractivity contribution >= 4 is 23.3 Å². The molecule has 0 aliphatic carbocycles. The van der Waals surface area contributed by atoms with Gasteiger partial charge in [-0.05, 0) is 36.4 Å². The van der Waals surface area contributed by atoms with E-state index in [0.29, 0.717) is 11.6 Å². The first kappa shape index (κ1) is 17.4. The van der Waals surface area contributed by atoms with Crippen LogP contribution in [0.25, 0.3) is 0 Å². The normalized spacial score (nSPS) is 10.2. The second-order valence-electron chi connectivity index (χ2n) is 5.05. The lowest BCUT2D eigenvalue weighted by atomic mass is 10.2. The summed E-state index contributed by atoms with van der Waals surface area (Å²) in [6.45, 7) is 0. The van der Waals surface area contributed by atoms with Crippen molar-refractivity contribution in [3.63, 3.8) is 0 Å². The molecule has 3 rings (SSSR count). The highest BCUT2D eigenvalue weighted by atomic mass is 35.5. The summed E-state index contributed by atoms with van der Waals surface area (Å²) < 4.78 is 10.8. The van der Waals surface area contributed by atoms with Crippen LogP contribution in [0.5, 0.6) is 17.4 Å². The number of benzene rings is 2. The van der Waals surface area contributed by atoms with Crippen molar-refractivity contribution in [2.75, 3.05) is 0 Å². The van der Waals surface area contributed by atoms with Crippen LogP contribution in [0.4, 0.5) is 5.69 Å². The predicted molar refractivity (Wildman–Crippen MR) is 93.8 cm³/mol. The smallest absolute Gasteiger partial charge is 0.345 e. The lowest BCUT2D eigenvalue weighted by molar-refractivity contribution is -0.384. The van der Waals surface area contributed by atoms with Crippen LogP contribution in [0.1, 0.15) is 10.4 Å². The van der Waals surface area contributed by atoms with Gasteiger partial charge in [-0.3, -0.25) is 10.1 Å². The summed E-state index contributed by atoms with van der Waals surface area (Å²) in [5.41, 5.74) is -0.173. The Hall–Kier alpha value is -3.45. The van der Waals surface area contributed by atoms with Crippen molar-refractivity contribution in [3.05, 3.63) is 87.6 Å². The molecule has 3 aromatic rings. The maximum absolute atomic E-state index is 12.2. The van der Waals surface area contributed by atoms with Gasteiger partial charge in [0.25, 0.3) is 5.69 Å². The molecular formula is C18H11ClN2O5. The average Bonchev–Trinajstić information content (AvgIpc) is 2.64. The number of hydrogen-bond acceptors (Lipinski definition) is 6. The van der Waals surface area contributed by atoms with Crippen LogP contribution in [-0.2, 0) is 0 Å². The zero-order valence-corrected chi connectivity index (χ0v) is 13.9. The van der Waals surface area contributed by atoms with Gasteiger partial charge in [0.2, 0.25) is 5.88 Å². The summed E-state index contributed by atoms with van der Waals surface area (Å²) in [5, 5.41) is 10.6. The monoisotopic (exact) mass is 370 g/mol. The minimum absolute atomic E-state index is 0.0334. The van der Waals surface area contributed by atoms with E-state index < -0.39 is 10.9 Å². The Morgan fingerprint density at radius 3 is 2.38 bits per heavy atom. The van der Waals surface area contributed by atoms with Gasteiger partial charge >= 0.3 is 5.97 Å². The van der Waals surface area contributed by atoms with Gasteiger partial charge in [0.15, 0.2) is 0 Å². The Labute approximate surface area is 152 Å². The van der Waals surface area contributed by atoms with Crippen LogP contribution < -0.4 is 9.47 Å². The molecule has 0 spiro atoms. The zero-order chi connectivity index (χ0) is 18.5. The zero-order valence-electron chi connectivity index (χ0n) is 13.2. The van der Waals surface area contributed by atoms with Crippen LogP contribution in [0.15, 0.2) is 66.9 Å². The van der Waals surface area contributed by atoms with Gasteiger partial charge in [-0.25, -0.2) is 9.78 Å². The van der Waals surface area contributed by atoms with E-state index in [-0.39, 0.29) is 22.0 Å². The fourth-order valence-electron chi connectivity index (χ4n) is 2.05. The molecule has 0 N–H and O–H groups in total. The molecule has 0 radical (unpaired) electrons. The molecule has 7 nitrogen and oxygen atoms in total. The summed E-state index contributed by atoms with van der Waals surface area (Å²) in [6.07, 6.45) is 1.61. The van der Waals surface area contributed by atoms with Crippen molar-refractivity contribution in [1.82, 2.24) is 4.98 Å². The van der Waals surface area contributed by atoms with Gasteiger partial charge in [0.1, 0.15) is 11.5 Å². The fraction of sp³-hybridized carbons (Fsp3) is 0. The van der Waals surface area contributed by atoms with Crippen LogP contribution in [-0.4, -0.2) is 15.9 Å². The molecular weight excluding hydrogens is 360 g/mol. The number of carbonyl (C=O) groups is 1. The molecule has 0 fully saturated rings. The number of nitrogens with zero attached hydrogens (tertiary/aromatic N) is 2. The molecule has 0 aliphatic rings. The lowest BCUT2D eigenvalue weighted by Crippen LogP contribution is -2.09. The van der Waals surface area contributed by atoms with E-state index in [1.807, 2.05) is 0 Å². The first-order valence-corrected chi connectivity index (χ1v) is 7.76. The van der Waals surface area contributed by atoms with E-state index in [4.69, 9.17) is 21.1 Å². The number of carbonyl (C=O) groups excluding carboxylic acids is 1. The molecule has 2 aromatic carbocycles. The molecule has 130 valence electrons. The van der Waals surface area contributed by atoms with Gasteiger partial charge in [0, 0.05) is 24.4 Å². The van der Waals surface area contributed by atoms with Crippen LogP contribution in [0.3, 0.4) is 0 Å². The maximum Gasteiger partial charge on any atom is 0.345 e. The second kappa shape index (κ2) is 7.62. The number of aromatic nitrogens is 1. The van der Waals surface area contributed by atoms with Crippen molar-refractivity contribution in [3.8, 4) is 17.4 Å². The third-order valence-electron chi connectivity index (χ3n) is 3.28. The molecule has 1 aromatic heterocycles. The molecule has 0 aliphatic heterocycles. The first-order chi connectivity index (χ1) is 12.5. The molecule has 0 amide bonds. The van der Waals surface area contributed by atoms with Crippen LogP contribution in [0.2, 0.25) is 5.02 Å². The largest absolute Gasteiger partial charge is 0.439 e. The van der Waals surface area contributed by atoms with Crippen molar-refractivity contribution in [2.24, 2.45) is 0 Å². The number of ether oxygens (including phenoxy) is 2. The van der Waals surface area contributed by atoms with Gasteiger partial charge in [-0.2, -0.15) is 0 Å². The fourth-order valence-corrected chi connectivity index (χ4v) is 2.30. The summed E-state index contributed by atoms with van der Waals surface area (Å²) in [7, 11) is 0. The molecule has 0 saturated carbocycles. The first-order valence-electron chi connectivity index (χ1n) is 7.38. The van der Waals surface area contributed by atoms with E-state index in [9.17, 15) is 14.9 Å². The SMILES string of the molecule is O=C(Oc1ccc(Oc2ccccn2)cc1)c1ccc([N+](=O)[O-])cc1Cl. The maximum atomic E-state index is 12.2. The standard InChI is InChI=1S/C18H11ClN2O5/c19-16-11-12(21(23)24)4-9-15(16)18(22)26-14-7-5-13(6-8-14)25-17-3-1-2-10-20-17/h1-11H. The highest BCUT2D eigenvalue weighted by Crippen LogP contribution is 2.26. The van der Waals surface area contributed by atoms with Gasteiger partial charge in [-0.15, -0.1) is 0 Å². The van der Waals surface area contributed by atoms with E-state index >= 15 is 0 Å². The molecule has 0 bridgehead atoms. The Kier molecular flexibility index (Phi) is 5.09. The molecule has 0 unspecified atom stereocenters. The summed E-state index contributed by atoms with van der Waals surface area (Å²) >= 11 is 5.92. The third-order valence-corrected chi connectivity index (χ3v) is 3.59. The molecule has 1 heterocycles. The molecule has 0 saturated heterocycles. The number of pyridine rings is 1. The Balaban J connectivity index is 1.69. The minimum Gasteiger partial charge on any atom is -0.439 e. The number of esters is 1. The van der Waals surface area contributed by atoms with E-state index in [0.717, 1.165) is 6.07 Å². The second-order valence-corrected chi connectivity index (χ2v) is 5.46. The number of hydrogen-bond donors (Lipinski definition) is 0. The number of nitro groups is 1. The Morgan fingerprint density at radius 1 is 1.04 bits per heavy atom. The summed E-state index contributed by atoms with van der Waals surface area (Å²) in [4.78, 5) is 26.3. The highest BCUT2D eigenvalue weighted by Gasteiger charge is 2.16. The predicted octanol–water partition coefficient (Wildman–Crippen LogP) is 4.65. The van der Waals surface area contributed by atoms with Gasteiger partial charge in [0.05, 0.1) is 15.5 Å². The number of halogens is 1. The quantitative estimate of drug-likeness (QED) is 0.281. The Morgan fingerprint density at radius 2 is 1.77 bits per heavy atom. The molecule has 26 heavy (non-hydrogen) atoms. The van der Waals surface area contributed by atoms with E-state index in [2.05, 4.69) is 4.98 Å². The third kappa shape index (κ3) is 4.14. The van der Waals surface area contributed by atoms with E-state index in [1.54, 1.807) is 48.7 Å². The number of rotatable bonds is 5. The number of non-ortho nitro benzene ring substituents is 1. The molecule has 8 heteroatoms. The summed E-state index contributed by atoms with van der Waals surface area (Å²) in [5.74, 6) is 0.521. The van der Waals surface area contributed by atoms with Gasteiger partial charge < -0.3 is 9.47 Å².